The zero-order valence-corrected chi connectivity index (χ0v) is 13.9. The third-order valence-electron chi connectivity index (χ3n) is 3.45. The number of hydrazone groups is 1. The maximum Gasteiger partial charge on any atom is 0.244 e. The van der Waals surface area contributed by atoms with Crippen LogP contribution in [0.2, 0.25) is 0 Å². The highest BCUT2D eigenvalue weighted by Crippen LogP contribution is 2.27. The van der Waals surface area contributed by atoms with E-state index in [1.807, 2.05) is 0 Å². The minimum Gasteiger partial charge on any atom is -0.507 e. The van der Waals surface area contributed by atoms with E-state index in [1.165, 1.54) is 0 Å². The van der Waals surface area contributed by atoms with Crippen molar-refractivity contribution in [3.63, 3.8) is 0 Å². The van der Waals surface area contributed by atoms with Crippen molar-refractivity contribution in [3.05, 3.63) is 53.6 Å². The zero-order valence-electron chi connectivity index (χ0n) is 13.9. The van der Waals surface area contributed by atoms with Crippen molar-refractivity contribution in [3.8, 4) is 17.2 Å². The minimum absolute atomic E-state index is 0.118. The van der Waals surface area contributed by atoms with E-state index >= 15 is 0 Å². The van der Waals surface area contributed by atoms with E-state index < -0.39 is 0 Å². The number of nitrogens with one attached hydrogen (secondary N) is 1. The minimum atomic E-state index is -0.267. The lowest BCUT2D eigenvalue weighted by atomic mass is 10.1. The molecule has 0 saturated carbocycles. The quantitative estimate of drug-likeness (QED) is 0.631. The van der Waals surface area contributed by atoms with Gasteiger partial charge in [-0.2, -0.15) is 5.10 Å². The van der Waals surface area contributed by atoms with Crippen LogP contribution in [0.5, 0.6) is 17.2 Å². The average Bonchev–Trinajstić information content (AvgIpc) is 2.60. The largest absolute Gasteiger partial charge is 0.507 e. The molecular weight excluding hydrogens is 308 g/mol. The second kappa shape index (κ2) is 8.01. The highest BCUT2D eigenvalue weighted by Gasteiger charge is 2.09. The summed E-state index contributed by atoms with van der Waals surface area (Å²) in [6.07, 6.45) is 0.151. The molecule has 2 N–H and O–H groups in total. The molecule has 2 aromatic carbocycles. The SMILES string of the molecule is COc1ccc(CC(=O)N/N=C(/C)c2ccccc2O)cc1OC. The van der Waals surface area contributed by atoms with Crippen LogP contribution in [0.25, 0.3) is 0 Å². The molecule has 1 amide bonds. The van der Waals surface area contributed by atoms with E-state index in [-0.39, 0.29) is 18.1 Å². The van der Waals surface area contributed by atoms with Gasteiger partial charge in [-0.05, 0) is 36.8 Å². The van der Waals surface area contributed by atoms with Crippen molar-refractivity contribution in [1.29, 1.82) is 0 Å². The topological polar surface area (TPSA) is 80.2 Å². The fourth-order valence-corrected chi connectivity index (χ4v) is 2.20. The third-order valence-corrected chi connectivity index (χ3v) is 3.45. The van der Waals surface area contributed by atoms with Crippen molar-refractivity contribution >= 4 is 11.6 Å². The summed E-state index contributed by atoms with van der Waals surface area (Å²) < 4.78 is 10.4. The Balaban J connectivity index is 2.03. The summed E-state index contributed by atoms with van der Waals surface area (Å²) in [7, 11) is 3.10. The van der Waals surface area contributed by atoms with Crippen LogP contribution in [0.3, 0.4) is 0 Å². The number of rotatable bonds is 6. The lowest BCUT2D eigenvalue weighted by Crippen LogP contribution is -2.21. The number of aromatic hydroxyl groups is 1. The Morgan fingerprint density at radius 1 is 1.12 bits per heavy atom. The summed E-state index contributed by atoms with van der Waals surface area (Å²) in [5.41, 5.74) is 4.36. The van der Waals surface area contributed by atoms with Gasteiger partial charge in [0.2, 0.25) is 5.91 Å². The Bertz CT molecular complexity index is 756. The molecule has 126 valence electrons. The maximum absolute atomic E-state index is 12.0. The van der Waals surface area contributed by atoms with Crippen LogP contribution in [0.4, 0.5) is 0 Å². The first-order valence-corrected chi connectivity index (χ1v) is 7.37. The summed E-state index contributed by atoms with van der Waals surface area (Å²) in [6, 6.07) is 12.1. The molecule has 2 rings (SSSR count). The van der Waals surface area contributed by atoms with Crippen molar-refractivity contribution in [2.24, 2.45) is 5.10 Å². The van der Waals surface area contributed by atoms with Crippen LogP contribution in [-0.4, -0.2) is 30.9 Å². The van der Waals surface area contributed by atoms with Crippen LogP contribution in [-0.2, 0) is 11.2 Å². The Morgan fingerprint density at radius 2 is 1.83 bits per heavy atom. The monoisotopic (exact) mass is 328 g/mol. The van der Waals surface area contributed by atoms with Gasteiger partial charge < -0.3 is 14.6 Å². The van der Waals surface area contributed by atoms with E-state index in [9.17, 15) is 9.90 Å². The molecule has 0 fully saturated rings. The molecule has 0 radical (unpaired) electrons. The zero-order chi connectivity index (χ0) is 17.5. The molecule has 0 heterocycles. The molecule has 0 aromatic heterocycles. The maximum atomic E-state index is 12.0. The molecule has 24 heavy (non-hydrogen) atoms. The molecule has 0 aliphatic rings. The van der Waals surface area contributed by atoms with Crippen LogP contribution in [0, 0.1) is 0 Å². The number of methoxy groups -OCH3 is 2. The fourth-order valence-electron chi connectivity index (χ4n) is 2.20. The van der Waals surface area contributed by atoms with Gasteiger partial charge in [-0.3, -0.25) is 4.79 Å². The Labute approximate surface area is 140 Å². The van der Waals surface area contributed by atoms with E-state index in [4.69, 9.17) is 9.47 Å². The first-order valence-electron chi connectivity index (χ1n) is 7.37. The number of ether oxygens (including phenoxy) is 2. The third kappa shape index (κ3) is 4.25. The Kier molecular flexibility index (Phi) is 5.78. The van der Waals surface area contributed by atoms with Gasteiger partial charge in [0.15, 0.2) is 11.5 Å². The lowest BCUT2D eigenvalue weighted by Gasteiger charge is -2.09. The molecule has 0 spiro atoms. The number of benzene rings is 2. The molecule has 2 aromatic rings. The van der Waals surface area contributed by atoms with Crippen molar-refractivity contribution in [2.75, 3.05) is 14.2 Å². The van der Waals surface area contributed by atoms with Gasteiger partial charge >= 0.3 is 0 Å². The van der Waals surface area contributed by atoms with Crippen molar-refractivity contribution in [2.45, 2.75) is 13.3 Å². The van der Waals surface area contributed by atoms with Crippen LogP contribution in [0.1, 0.15) is 18.1 Å². The van der Waals surface area contributed by atoms with Gasteiger partial charge in [-0.15, -0.1) is 0 Å². The van der Waals surface area contributed by atoms with Crippen LogP contribution >= 0.6 is 0 Å². The standard InChI is InChI=1S/C18H20N2O4/c1-12(14-6-4-5-7-15(14)21)19-20-18(22)11-13-8-9-16(23-2)17(10-13)24-3/h4-10,21H,11H2,1-3H3,(H,20,22)/b19-12-. The van der Waals surface area contributed by atoms with E-state index in [1.54, 1.807) is 63.6 Å². The van der Waals surface area contributed by atoms with Gasteiger partial charge in [0.05, 0.1) is 26.4 Å². The number of carbonyl (C=O) groups excluding carboxylic acids is 1. The molecule has 6 nitrogen and oxygen atoms in total. The smallest absolute Gasteiger partial charge is 0.244 e. The van der Waals surface area contributed by atoms with Gasteiger partial charge in [-0.1, -0.05) is 18.2 Å². The lowest BCUT2D eigenvalue weighted by molar-refractivity contribution is -0.120. The number of hydrogen-bond donors (Lipinski definition) is 2. The summed E-state index contributed by atoms with van der Waals surface area (Å²) >= 11 is 0. The molecule has 0 atom stereocenters. The number of nitrogens with zero attached hydrogens (tertiary/aromatic N) is 1. The number of phenols is 1. The first-order chi connectivity index (χ1) is 11.5. The summed E-state index contributed by atoms with van der Waals surface area (Å²) in [4.78, 5) is 12.0. The molecular formula is C18H20N2O4. The molecule has 0 bridgehead atoms. The number of hydrogen-bond acceptors (Lipinski definition) is 5. The van der Waals surface area contributed by atoms with Crippen LogP contribution < -0.4 is 14.9 Å². The molecule has 0 unspecified atom stereocenters. The predicted molar refractivity (Wildman–Crippen MR) is 91.7 cm³/mol. The van der Waals surface area contributed by atoms with Gasteiger partial charge in [0.1, 0.15) is 5.75 Å². The molecule has 0 saturated heterocycles. The fraction of sp³-hybridized carbons (Fsp3) is 0.222. The Morgan fingerprint density at radius 3 is 2.50 bits per heavy atom. The van der Waals surface area contributed by atoms with E-state index in [0.29, 0.717) is 22.8 Å². The van der Waals surface area contributed by atoms with Gasteiger partial charge in [-0.25, -0.2) is 5.43 Å². The predicted octanol–water partition coefficient (Wildman–Crippen LogP) is 2.49. The second-order valence-electron chi connectivity index (χ2n) is 5.12. The average molecular weight is 328 g/mol. The van der Waals surface area contributed by atoms with Crippen LogP contribution in [0.15, 0.2) is 47.6 Å². The van der Waals surface area contributed by atoms with Crippen molar-refractivity contribution < 1.29 is 19.4 Å². The summed E-state index contributed by atoms with van der Waals surface area (Å²) in [5.74, 6) is 1.02. The van der Waals surface area contributed by atoms with Gasteiger partial charge in [0.25, 0.3) is 0 Å². The highest BCUT2D eigenvalue weighted by molar-refractivity contribution is 6.01. The second-order valence-corrected chi connectivity index (χ2v) is 5.12. The molecule has 6 heteroatoms. The number of phenolic OH excluding ortho intramolecular Hbond substituents is 1. The number of para-hydroxylation sites is 1. The normalized spacial score (nSPS) is 11.0. The Hall–Kier alpha value is -3.02. The highest BCUT2D eigenvalue weighted by atomic mass is 16.5. The summed E-state index contributed by atoms with van der Waals surface area (Å²) in [6.45, 7) is 1.71. The summed E-state index contributed by atoms with van der Waals surface area (Å²) in [5, 5.41) is 13.8. The first kappa shape index (κ1) is 17.3. The number of carbonyl (C=O) groups is 1. The van der Waals surface area contributed by atoms with E-state index in [0.717, 1.165) is 5.56 Å². The molecule has 0 aliphatic carbocycles. The number of amides is 1. The van der Waals surface area contributed by atoms with Gasteiger partial charge in [0, 0.05) is 5.56 Å². The molecule has 0 aliphatic heterocycles. The van der Waals surface area contributed by atoms with Crippen molar-refractivity contribution in [1.82, 2.24) is 5.43 Å². The van der Waals surface area contributed by atoms with E-state index in [2.05, 4.69) is 10.5 Å².